The lowest BCUT2D eigenvalue weighted by Gasteiger charge is -2.06. The highest BCUT2D eigenvalue weighted by molar-refractivity contribution is 8.14. The Bertz CT molecular complexity index is 249. The van der Waals surface area contributed by atoms with E-state index >= 15 is 0 Å². The number of hydrogen-bond acceptors (Lipinski definition) is 6. The molecule has 0 saturated carbocycles. The van der Waals surface area contributed by atoms with Crippen LogP contribution in [0.2, 0.25) is 0 Å². The van der Waals surface area contributed by atoms with Gasteiger partial charge in [-0.25, -0.2) is 0 Å². The fraction of sp³-hybridized carbons (Fsp3) is 0.500. The van der Waals surface area contributed by atoms with Gasteiger partial charge in [-0.3, -0.25) is 4.79 Å². The van der Waals surface area contributed by atoms with E-state index in [0.717, 1.165) is 0 Å². The quantitative estimate of drug-likeness (QED) is 0.616. The first kappa shape index (κ1) is 9.05. The number of carbonyl (C=O) groups is 1. The molecule has 0 atom stereocenters. The SMILES string of the molecule is COC(=O)CC1=NN=C(N)SC1. The van der Waals surface area contributed by atoms with Crippen molar-refractivity contribution in [3.8, 4) is 0 Å². The molecule has 12 heavy (non-hydrogen) atoms. The van der Waals surface area contributed by atoms with E-state index in [0.29, 0.717) is 16.6 Å². The molecule has 0 radical (unpaired) electrons. The van der Waals surface area contributed by atoms with Crippen LogP contribution in [-0.4, -0.2) is 29.7 Å². The standard InChI is InChI=1S/C6H9N3O2S/c1-11-5(10)2-4-3-12-6(7)9-8-4/h2-3H2,1H3,(H2,7,9). The zero-order chi connectivity index (χ0) is 8.97. The van der Waals surface area contributed by atoms with Crippen molar-refractivity contribution in [2.24, 2.45) is 15.9 Å². The maximum absolute atomic E-state index is 10.8. The van der Waals surface area contributed by atoms with Crippen molar-refractivity contribution in [2.75, 3.05) is 12.9 Å². The summed E-state index contributed by atoms with van der Waals surface area (Å²) in [4.78, 5) is 10.8. The number of thioether (sulfide) groups is 1. The maximum atomic E-state index is 10.8. The minimum absolute atomic E-state index is 0.195. The van der Waals surface area contributed by atoms with Crippen molar-refractivity contribution in [1.82, 2.24) is 0 Å². The van der Waals surface area contributed by atoms with Gasteiger partial charge in [0.2, 0.25) is 0 Å². The molecule has 6 heteroatoms. The molecule has 0 spiro atoms. The van der Waals surface area contributed by atoms with E-state index in [1.165, 1.54) is 18.9 Å². The second kappa shape index (κ2) is 4.10. The summed E-state index contributed by atoms with van der Waals surface area (Å²) < 4.78 is 4.47. The summed E-state index contributed by atoms with van der Waals surface area (Å²) in [5.74, 6) is 0.315. The molecule has 0 aromatic heterocycles. The Morgan fingerprint density at radius 2 is 2.50 bits per heavy atom. The van der Waals surface area contributed by atoms with E-state index in [2.05, 4.69) is 14.9 Å². The zero-order valence-corrected chi connectivity index (χ0v) is 7.43. The maximum Gasteiger partial charge on any atom is 0.311 e. The van der Waals surface area contributed by atoms with Crippen molar-refractivity contribution >= 4 is 28.6 Å². The van der Waals surface area contributed by atoms with Crippen molar-refractivity contribution in [3.05, 3.63) is 0 Å². The van der Waals surface area contributed by atoms with Crippen LogP contribution < -0.4 is 5.73 Å². The molecule has 1 rings (SSSR count). The van der Waals surface area contributed by atoms with Crippen LogP contribution in [0.15, 0.2) is 10.2 Å². The predicted octanol–water partition coefficient (Wildman–Crippen LogP) is -0.0330. The lowest BCUT2D eigenvalue weighted by Crippen LogP contribution is -2.18. The number of amidine groups is 1. The molecule has 0 unspecified atom stereocenters. The van der Waals surface area contributed by atoms with Gasteiger partial charge in [-0.05, 0) is 0 Å². The highest BCUT2D eigenvalue weighted by Gasteiger charge is 2.11. The van der Waals surface area contributed by atoms with Gasteiger partial charge in [0.15, 0.2) is 5.17 Å². The van der Waals surface area contributed by atoms with Gasteiger partial charge in [0.1, 0.15) is 0 Å². The molecule has 1 aliphatic rings. The van der Waals surface area contributed by atoms with Gasteiger partial charge in [-0.15, -0.1) is 5.10 Å². The number of hydrogen-bond donors (Lipinski definition) is 1. The number of esters is 1. The first-order chi connectivity index (χ1) is 5.72. The van der Waals surface area contributed by atoms with E-state index in [1.54, 1.807) is 0 Å². The number of nitrogens with zero attached hydrogens (tertiary/aromatic N) is 2. The Kier molecular flexibility index (Phi) is 3.09. The topological polar surface area (TPSA) is 77.0 Å². The van der Waals surface area contributed by atoms with Crippen molar-refractivity contribution in [1.29, 1.82) is 0 Å². The van der Waals surface area contributed by atoms with Gasteiger partial charge in [0.25, 0.3) is 0 Å². The van der Waals surface area contributed by atoms with Gasteiger partial charge in [0.05, 0.1) is 19.2 Å². The zero-order valence-electron chi connectivity index (χ0n) is 6.61. The molecule has 0 aromatic rings. The van der Waals surface area contributed by atoms with Crippen LogP contribution in [0.3, 0.4) is 0 Å². The Morgan fingerprint density at radius 3 is 3.00 bits per heavy atom. The molecule has 0 bridgehead atoms. The van der Waals surface area contributed by atoms with Gasteiger partial charge < -0.3 is 10.5 Å². The van der Waals surface area contributed by atoms with Crippen molar-refractivity contribution in [2.45, 2.75) is 6.42 Å². The average Bonchev–Trinajstić information content (AvgIpc) is 2.09. The van der Waals surface area contributed by atoms with Crippen LogP contribution in [0.4, 0.5) is 0 Å². The summed E-state index contributed by atoms with van der Waals surface area (Å²) in [5, 5.41) is 7.83. The summed E-state index contributed by atoms with van der Waals surface area (Å²) in [5.41, 5.74) is 6.05. The predicted molar refractivity (Wildman–Crippen MR) is 48.1 cm³/mol. The molecule has 0 aliphatic carbocycles. The van der Waals surface area contributed by atoms with Crippen LogP contribution in [0, 0.1) is 0 Å². The summed E-state index contributed by atoms with van der Waals surface area (Å²) in [7, 11) is 1.34. The highest BCUT2D eigenvalue weighted by atomic mass is 32.2. The molecule has 0 saturated heterocycles. The molecular weight excluding hydrogens is 178 g/mol. The number of rotatable bonds is 2. The molecule has 1 heterocycles. The van der Waals surface area contributed by atoms with Crippen LogP contribution in [0.5, 0.6) is 0 Å². The van der Waals surface area contributed by atoms with Crippen molar-refractivity contribution in [3.63, 3.8) is 0 Å². The summed E-state index contributed by atoms with van der Waals surface area (Å²) in [6, 6.07) is 0. The van der Waals surface area contributed by atoms with E-state index in [-0.39, 0.29) is 12.4 Å². The average molecular weight is 187 g/mol. The Labute approximate surface area is 74.1 Å². The number of methoxy groups -OCH3 is 1. The van der Waals surface area contributed by atoms with E-state index in [4.69, 9.17) is 5.73 Å². The summed E-state index contributed by atoms with van der Waals surface area (Å²) in [6.07, 6.45) is 0.195. The minimum Gasteiger partial charge on any atom is -0.469 e. The van der Waals surface area contributed by atoms with E-state index in [9.17, 15) is 4.79 Å². The Hall–Kier alpha value is -1.04. The number of carbonyl (C=O) groups excluding carboxylic acids is 1. The third kappa shape index (κ3) is 2.54. The third-order valence-corrected chi connectivity index (χ3v) is 2.11. The first-order valence-corrected chi connectivity index (χ1v) is 4.29. The summed E-state index contributed by atoms with van der Waals surface area (Å²) >= 11 is 1.37. The lowest BCUT2D eigenvalue weighted by atomic mass is 10.3. The smallest absolute Gasteiger partial charge is 0.311 e. The van der Waals surface area contributed by atoms with Gasteiger partial charge in [0, 0.05) is 5.75 Å². The molecule has 0 fully saturated rings. The van der Waals surface area contributed by atoms with Gasteiger partial charge >= 0.3 is 5.97 Å². The molecule has 2 N–H and O–H groups in total. The summed E-state index contributed by atoms with van der Waals surface area (Å²) in [6.45, 7) is 0. The fourth-order valence-electron chi connectivity index (χ4n) is 0.660. The minimum atomic E-state index is -0.301. The second-order valence-corrected chi connectivity index (χ2v) is 3.14. The third-order valence-electron chi connectivity index (χ3n) is 1.25. The van der Waals surface area contributed by atoms with Crippen LogP contribution >= 0.6 is 11.8 Å². The first-order valence-electron chi connectivity index (χ1n) is 3.31. The van der Waals surface area contributed by atoms with Crippen LogP contribution in [0.25, 0.3) is 0 Å². The Balaban J connectivity index is 2.49. The monoisotopic (exact) mass is 187 g/mol. The lowest BCUT2D eigenvalue weighted by molar-refractivity contribution is -0.139. The molecule has 5 nitrogen and oxygen atoms in total. The molecule has 0 aromatic carbocycles. The van der Waals surface area contributed by atoms with E-state index in [1.807, 2.05) is 0 Å². The van der Waals surface area contributed by atoms with Crippen molar-refractivity contribution < 1.29 is 9.53 Å². The van der Waals surface area contributed by atoms with Crippen LogP contribution in [-0.2, 0) is 9.53 Å². The molecule has 66 valence electrons. The molecule has 1 aliphatic heterocycles. The second-order valence-electron chi connectivity index (χ2n) is 2.15. The van der Waals surface area contributed by atoms with E-state index < -0.39 is 0 Å². The normalized spacial score (nSPS) is 16.4. The van der Waals surface area contributed by atoms with Gasteiger partial charge in [-0.2, -0.15) is 5.10 Å². The molecular formula is C6H9N3O2S. The van der Waals surface area contributed by atoms with Crippen LogP contribution in [0.1, 0.15) is 6.42 Å². The number of nitrogens with two attached hydrogens (primary N) is 1. The number of ether oxygens (including phenoxy) is 1. The Morgan fingerprint density at radius 1 is 1.75 bits per heavy atom. The van der Waals surface area contributed by atoms with Gasteiger partial charge in [-0.1, -0.05) is 11.8 Å². The largest absolute Gasteiger partial charge is 0.469 e. The highest BCUT2D eigenvalue weighted by Crippen LogP contribution is 2.09. The molecule has 0 amide bonds. The fourth-order valence-corrected chi connectivity index (χ4v) is 1.23.